The Bertz CT molecular complexity index is 439. The van der Waals surface area contributed by atoms with Gasteiger partial charge >= 0.3 is 0 Å². The molecule has 0 N–H and O–H groups in total. The molecule has 0 aliphatic heterocycles. The first kappa shape index (κ1) is 22.9. The van der Waals surface area contributed by atoms with Crippen LogP contribution in [0.15, 0.2) is 24.3 Å². The van der Waals surface area contributed by atoms with Gasteiger partial charge < -0.3 is 0 Å². The fraction of sp³-hybridized carbons (Fsp3) is 0.571. The van der Waals surface area contributed by atoms with Crippen molar-refractivity contribution in [1.29, 1.82) is 0 Å². The van der Waals surface area contributed by atoms with Gasteiger partial charge in [0.15, 0.2) is 5.78 Å². The Morgan fingerprint density at radius 3 is 1.95 bits per heavy atom. The van der Waals surface area contributed by atoms with Gasteiger partial charge in [-0.15, -0.1) is 0 Å². The molecule has 1 aromatic carbocycles. The highest BCUT2D eigenvalue weighted by molar-refractivity contribution is 5.99. The number of carbonyl (C=O) groups excluding carboxylic acids is 1. The van der Waals surface area contributed by atoms with Gasteiger partial charge in [-0.1, -0.05) is 78.2 Å². The SMILES string of the molecule is C/C=C(/CCC)c1c(C)cccc1C(C)=O.CC.CCCC. The number of Topliss-reactive ketones (excluding diaryl/α,β-unsaturated/α-hetero) is 1. The zero-order valence-electron chi connectivity index (χ0n) is 16.0. The summed E-state index contributed by atoms with van der Waals surface area (Å²) in [5.41, 5.74) is 4.46. The third-order valence-corrected chi connectivity index (χ3v) is 3.34. The van der Waals surface area contributed by atoms with Crippen molar-refractivity contribution in [2.45, 2.75) is 81.1 Å². The number of ketones is 1. The van der Waals surface area contributed by atoms with Gasteiger partial charge in [-0.25, -0.2) is 0 Å². The molecule has 0 unspecified atom stereocenters. The van der Waals surface area contributed by atoms with E-state index in [1.54, 1.807) is 6.92 Å². The first-order chi connectivity index (χ1) is 10.5. The number of allylic oxidation sites excluding steroid dienone is 2. The number of carbonyl (C=O) groups is 1. The smallest absolute Gasteiger partial charge is 0.160 e. The lowest BCUT2D eigenvalue weighted by Gasteiger charge is -2.13. The number of rotatable bonds is 5. The van der Waals surface area contributed by atoms with Crippen LogP contribution in [0.3, 0.4) is 0 Å². The summed E-state index contributed by atoms with van der Waals surface area (Å²) in [5.74, 6) is 0.147. The molecule has 0 saturated heterocycles. The van der Waals surface area contributed by atoms with Gasteiger partial charge in [-0.3, -0.25) is 4.79 Å². The quantitative estimate of drug-likeness (QED) is 0.524. The summed E-state index contributed by atoms with van der Waals surface area (Å²) in [6.07, 6.45) is 6.89. The van der Waals surface area contributed by atoms with Gasteiger partial charge in [-0.05, 0) is 43.9 Å². The van der Waals surface area contributed by atoms with Gasteiger partial charge in [0.25, 0.3) is 0 Å². The maximum atomic E-state index is 11.6. The number of aryl methyl sites for hydroxylation is 1. The Hall–Kier alpha value is -1.37. The molecule has 0 saturated carbocycles. The first-order valence-electron chi connectivity index (χ1n) is 8.79. The highest BCUT2D eigenvalue weighted by Gasteiger charge is 2.12. The summed E-state index contributed by atoms with van der Waals surface area (Å²) in [6, 6.07) is 5.94. The number of hydrogen-bond donors (Lipinski definition) is 0. The molecule has 1 heteroatoms. The maximum Gasteiger partial charge on any atom is 0.160 e. The second-order valence-corrected chi connectivity index (χ2v) is 5.12. The number of hydrogen-bond acceptors (Lipinski definition) is 1. The minimum absolute atomic E-state index is 0.147. The molecular formula is C21H36O. The molecule has 1 rings (SSSR count). The Morgan fingerprint density at radius 2 is 1.59 bits per heavy atom. The standard InChI is InChI=1S/C15H20O.C4H10.C2H6/c1-5-8-13(6-2)15-11(3)9-7-10-14(15)12(4)16;1-3-4-2;1-2/h6-7,9-10H,5,8H2,1-4H3;3-4H2,1-2H3;1-2H3/b13-6-;;. The highest BCUT2D eigenvalue weighted by Crippen LogP contribution is 2.27. The Labute approximate surface area is 138 Å². The van der Waals surface area contributed by atoms with E-state index in [0.717, 1.165) is 24.0 Å². The van der Waals surface area contributed by atoms with Gasteiger partial charge in [-0.2, -0.15) is 0 Å². The Morgan fingerprint density at radius 1 is 1.05 bits per heavy atom. The Kier molecular flexibility index (Phi) is 15.2. The van der Waals surface area contributed by atoms with Crippen LogP contribution in [0, 0.1) is 6.92 Å². The second-order valence-electron chi connectivity index (χ2n) is 5.12. The van der Waals surface area contributed by atoms with E-state index in [0.29, 0.717) is 0 Å². The van der Waals surface area contributed by atoms with Crippen molar-refractivity contribution >= 4 is 11.4 Å². The molecule has 0 aromatic heterocycles. The van der Waals surface area contributed by atoms with Gasteiger partial charge in [0.2, 0.25) is 0 Å². The molecule has 0 aliphatic rings. The molecule has 0 spiro atoms. The van der Waals surface area contributed by atoms with Crippen LogP contribution in [0.4, 0.5) is 0 Å². The van der Waals surface area contributed by atoms with Gasteiger partial charge in [0, 0.05) is 5.56 Å². The van der Waals surface area contributed by atoms with Crippen molar-refractivity contribution in [3.63, 3.8) is 0 Å². The largest absolute Gasteiger partial charge is 0.294 e. The van der Waals surface area contributed by atoms with Crippen molar-refractivity contribution in [3.8, 4) is 0 Å². The average molecular weight is 305 g/mol. The van der Waals surface area contributed by atoms with E-state index in [2.05, 4.69) is 39.8 Å². The van der Waals surface area contributed by atoms with Crippen LogP contribution in [0.25, 0.3) is 5.57 Å². The fourth-order valence-electron chi connectivity index (χ4n) is 2.07. The van der Waals surface area contributed by atoms with E-state index in [4.69, 9.17) is 0 Å². The topological polar surface area (TPSA) is 17.1 Å². The molecular weight excluding hydrogens is 268 g/mol. The lowest BCUT2D eigenvalue weighted by atomic mass is 9.91. The number of unbranched alkanes of at least 4 members (excludes halogenated alkanes) is 1. The molecule has 0 atom stereocenters. The fourth-order valence-corrected chi connectivity index (χ4v) is 2.07. The minimum Gasteiger partial charge on any atom is -0.294 e. The van der Waals surface area contributed by atoms with Crippen LogP contribution < -0.4 is 0 Å². The average Bonchev–Trinajstić information content (AvgIpc) is 2.54. The van der Waals surface area contributed by atoms with Crippen molar-refractivity contribution in [2.24, 2.45) is 0 Å². The van der Waals surface area contributed by atoms with Crippen LogP contribution in [0.1, 0.15) is 95.6 Å². The maximum absolute atomic E-state index is 11.6. The van der Waals surface area contributed by atoms with Crippen LogP contribution in [0.2, 0.25) is 0 Å². The van der Waals surface area contributed by atoms with Crippen LogP contribution >= 0.6 is 0 Å². The van der Waals surface area contributed by atoms with Crippen molar-refractivity contribution in [3.05, 3.63) is 41.0 Å². The molecule has 0 bridgehead atoms. The summed E-state index contributed by atoms with van der Waals surface area (Å²) >= 11 is 0. The van der Waals surface area contributed by atoms with Crippen LogP contribution in [-0.2, 0) is 0 Å². The molecule has 22 heavy (non-hydrogen) atoms. The molecule has 126 valence electrons. The lowest BCUT2D eigenvalue weighted by molar-refractivity contribution is 0.101. The minimum atomic E-state index is 0.147. The normalized spacial score (nSPS) is 10.1. The monoisotopic (exact) mass is 304 g/mol. The lowest BCUT2D eigenvalue weighted by Crippen LogP contribution is -2.01. The highest BCUT2D eigenvalue weighted by atomic mass is 16.1. The van der Waals surface area contributed by atoms with E-state index in [9.17, 15) is 4.79 Å². The van der Waals surface area contributed by atoms with Crippen molar-refractivity contribution in [2.75, 3.05) is 0 Å². The van der Waals surface area contributed by atoms with E-state index >= 15 is 0 Å². The molecule has 1 aromatic rings. The van der Waals surface area contributed by atoms with Crippen molar-refractivity contribution < 1.29 is 4.79 Å². The molecule has 1 nitrogen and oxygen atoms in total. The van der Waals surface area contributed by atoms with Crippen molar-refractivity contribution in [1.82, 2.24) is 0 Å². The van der Waals surface area contributed by atoms with E-state index in [1.165, 1.54) is 24.0 Å². The predicted molar refractivity (Wildman–Crippen MR) is 102 cm³/mol. The van der Waals surface area contributed by atoms with Gasteiger partial charge in [0.1, 0.15) is 0 Å². The second kappa shape index (κ2) is 14.6. The van der Waals surface area contributed by atoms with Crippen LogP contribution in [-0.4, -0.2) is 5.78 Å². The molecule has 0 fully saturated rings. The summed E-state index contributed by atoms with van der Waals surface area (Å²) in [7, 11) is 0. The molecule has 0 aliphatic carbocycles. The number of benzene rings is 1. The summed E-state index contributed by atoms with van der Waals surface area (Å²) in [5, 5.41) is 0. The van der Waals surface area contributed by atoms with E-state index in [1.807, 2.05) is 32.9 Å². The zero-order valence-corrected chi connectivity index (χ0v) is 16.0. The molecule has 0 heterocycles. The van der Waals surface area contributed by atoms with E-state index < -0.39 is 0 Å². The third kappa shape index (κ3) is 8.17. The summed E-state index contributed by atoms with van der Waals surface area (Å²) in [4.78, 5) is 11.6. The summed E-state index contributed by atoms with van der Waals surface area (Å²) in [6.45, 7) is 16.3. The molecule has 0 radical (unpaired) electrons. The molecule has 0 amide bonds. The van der Waals surface area contributed by atoms with Crippen LogP contribution in [0.5, 0.6) is 0 Å². The van der Waals surface area contributed by atoms with Gasteiger partial charge in [0.05, 0.1) is 0 Å². The summed E-state index contributed by atoms with van der Waals surface area (Å²) < 4.78 is 0. The Balaban J connectivity index is 0. The van der Waals surface area contributed by atoms with E-state index in [-0.39, 0.29) is 5.78 Å². The third-order valence-electron chi connectivity index (χ3n) is 3.34. The predicted octanol–water partition coefficient (Wildman–Crippen LogP) is 7.23. The first-order valence-corrected chi connectivity index (χ1v) is 8.79. The zero-order chi connectivity index (χ0) is 17.5.